The summed E-state index contributed by atoms with van der Waals surface area (Å²) in [4.78, 5) is 0. The highest BCUT2D eigenvalue weighted by atomic mass is 32.2. The molecule has 2 unspecified atom stereocenters. The zero-order chi connectivity index (χ0) is 18.9. The Hall–Kier alpha value is -1.85. The lowest BCUT2D eigenvalue weighted by Gasteiger charge is -2.44. The van der Waals surface area contributed by atoms with Crippen LogP contribution in [0.2, 0.25) is 0 Å². The Labute approximate surface area is 161 Å². The molecule has 0 saturated carbocycles. The van der Waals surface area contributed by atoms with Gasteiger partial charge in [0.2, 0.25) is 0 Å². The molecule has 0 radical (unpaired) electrons. The van der Waals surface area contributed by atoms with Crippen molar-refractivity contribution in [3.63, 3.8) is 0 Å². The maximum Gasteiger partial charge on any atom is 0.156 e. The van der Waals surface area contributed by atoms with Gasteiger partial charge in [-0.3, -0.25) is 0 Å². The Bertz CT molecular complexity index is 872. The quantitative estimate of drug-likeness (QED) is 0.852. The van der Waals surface area contributed by atoms with Gasteiger partial charge in [0.25, 0.3) is 0 Å². The Kier molecular flexibility index (Phi) is 4.99. The fourth-order valence-corrected chi connectivity index (χ4v) is 7.17. The lowest BCUT2D eigenvalue weighted by atomic mass is 9.81. The normalized spacial score (nSPS) is 29.2. The van der Waals surface area contributed by atoms with Crippen molar-refractivity contribution in [2.75, 3.05) is 0 Å². The van der Waals surface area contributed by atoms with Gasteiger partial charge in [-0.05, 0) is 48.9 Å². The van der Waals surface area contributed by atoms with Crippen LogP contribution < -0.4 is 4.74 Å². The second kappa shape index (κ2) is 7.28. The summed E-state index contributed by atoms with van der Waals surface area (Å²) in [5, 5.41) is 10.4. The van der Waals surface area contributed by atoms with E-state index in [0.29, 0.717) is 38.7 Å². The van der Waals surface area contributed by atoms with Gasteiger partial charge in [-0.2, -0.15) is 0 Å². The topological polar surface area (TPSA) is 63.6 Å². The van der Waals surface area contributed by atoms with Crippen molar-refractivity contribution in [3.8, 4) is 5.75 Å². The van der Waals surface area contributed by atoms with Gasteiger partial charge in [-0.25, -0.2) is 8.42 Å². The second-order valence-electron chi connectivity index (χ2n) is 7.99. The first-order valence-electron chi connectivity index (χ1n) is 9.65. The standard InChI is InChI=1S/C22H26O4S/c23-22(14-20-10-5-11-21(15-22)27(20,24)25)13-18-8-4-9-19(12-18)26-16-17-6-2-1-3-7-17/h1-4,6-9,12,20-21,23H,5,10-11,13-16H2. The molecule has 2 aromatic rings. The van der Waals surface area contributed by atoms with E-state index >= 15 is 0 Å². The zero-order valence-electron chi connectivity index (χ0n) is 15.4. The molecule has 2 aromatic carbocycles. The van der Waals surface area contributed by atoms with E-state index in [4.69, 9.17) is 4.74 Å². The summed E-state index contributed by atoms with van der Waals surface area (Å²) in [5.41, 5.74) is 1.14. The van der Waals surface area contributed by atoms with E-state index in [9.17, 15) is 13.5 Å². The number of fused-ring (bicyclic) bond motifs is 2. The minimum absolute atomic E-state index is 0.348. The first-order chi connectivity index (χ1) is 12.9. The summed E-state index contributed by atoms with van der Waals surface area (Å²) >= 11 is 0. The van der Waals surface area contributed by atoms with Gasteiger partial charge in [0.15, 0.2) is 9.84 Å². The Balaban J connectivity index is 1.45. The first kappa shape index (κ1) is 18.5. The molecular weight excluding hydrogens is 360 g/mol. The van der Waals surface area contributed by atoms with Gasteiger partial charge in [-0.1, -0.05) is 48.9 Å². The summed E-state index contributed by atoms with van der Waals surface area (Å²) < 4.78 is 30.8. The average Bonchev–Trinajstić information content (AvgIpc) is 2.63. The average molecular weight is 387 g/mol. The number of ether oxygens (including phenoxy) is 1. The van der Waals surface area contributed by atoms with Gasteiger partial charge >= 0.3 is 0 Å². The highest BCUT2D eigenvalue weighted by Gasteiger charge is 2.50. The summed E-state index contributed by atoms with van der Waals surface area (Å²) in [7, 11) is -3.06. The van der Waals surface area contributed by atoms with Crippen LogP contribution >= 0.6 is 0 Å². The third-order valence-electron chi connectivity index (χ3n) is 5.88. The monoisotopic (exact) mass is 386 g/mol. The molecule has 2 bridgehead atoms. The molecule has 144 valence electrons. The van der Waals surface area contributed by atoms with E-state index in [2.05, 4.69) is 0 Å². The summed E-state index contributed by atoms with van der Waals surface area (Å²) in [6.45, 7) is 0.497. The van der Waals surface area contributed by atoms with Crippen LogP contribution in [0.4, 0.5) is 0 Å². The number of aliphatic hydroxyl groups is 1. The lowest BCUT2D eigenvalue weighted by molar-refractivity contribution is 0.00986. The van der Waals surface area contributed by atoms with Gasteiger partial charge in [0.1, 0.15) is 12.4 Å². The SMILES string of the molecule is O=S1(=O)C2CCCC1CC(O)(Cc1cccc(OCc3ccccc3)c1)C2. The molecule has 0 aliphatic carbocycles. The number of sulfone groups is 1. The molecule has 0 amide bonds. The summed E-state index contributed by atoms with van der Waals surface area (Å²) in [6, 6.07) is 17.8. The third-order valence-corrected chi connectivity index (χ3v) is 8.54. The largest absolute Gasteiger partial charge is 0.489 e. The molecule has 2 saturated heterocycles. The van der Waals surface area contributed by atoms with Crippen LogP contribution in [-0.2, 0) is 22.9 Å². The second-order valence-corrected chi connectivity index (χ2v) is 10.5. The molecule has 5 heteroatoms. The van der Waals surface area contributed by atoms with E-state index < -0.39 is 15.4 Å². The number of hydrogen-bond acceptors (Lipinski definition) is 4. The highest BCUT2D eigenvalue weighted by molar-refractivity contribution is 7.92. The fraction of sp³-hybridized carbons (Fsp3) is 0.455. The summed E-state index contributed by atoms with van der Waals surface area (Å²) in [6.07, 6.45) is 3.48. The van der Waals surface area contributed by atoms with Crippen LogP contribution in [0.5, 0.6) is 5.75 Å². The molecule has 27 heavy (non-hydrogen) atoms. The van der Waals surface area contributed by atoms with E-state index in [-0.39, 0.29) is 10.5 Å². The van der Waals surface area contributed by atoms with Crippen molar-refractivity contribution in [1.82, 2.24) is 0 Å². The van der Waals surface area contributed by atoms with Gasteiger partial charge < -0.3 is 9.84 Å². The van der Waals surface area contributed by atoms with Crippen LogP contribution in [-0.4, -0.2) is 29.6 Å². The van der Waals surface area contributed by atoms with Crippen LogP contribution in [0.3, 0.4) is 0 Å². The lowest BCUT2D eigenvalue weighted by Crippen LogP contribution is -2.52. The fourth-order valence-electron chi connectivity index (χ4n) is 4.55. The van der Waals surface area contributed by atoms with Gasteiger partial charge in [0, 0.05) is 6.42 Å². The number of rotatable bonds is 5. The van der Waals surface area contributed by atoms with Crippen LogP contribution in [0.15, 0.2) is 54.6 Å². The zero-order valence-corrected chi connectivity index (χ0v) is 16.2. The summed E-state index contributed by atoms with van der Waals surface area (Å²) in [5.74, 6) is 0.767. The Morgan fingerprint density at radius 3 is 2.33 bits per heavy atom. The van der Waals surface area contributed by atoms with Crippen LogP contribution in [0, 0.1) is 0 Å². The van der Waals surface area contributed by atoms with Crippen molar-refractivity contribution in [1.29, 1.82) is 0 Å². The molecule has 1 N–H and O–H groups in total. The first-order valence-corrected chi connectivity index (χ1v) is 11.3. The minimum Gasteiger partial charge on any atom is -0.489 e. The Morgan fingerprint density at radius 1 is 0.963 bits per heavy atom. The van der Waals surface area contributed by atoms with Crippen LogP contribution in [0.25, 0.3) is 0 Å². The maximum absolute atomic E-state index is 12.5. The molecule has 2 heterocycles. The molecule has 0 spiro atoms. The molecule has 2 fully saturated rings. The molecule has 2 atom stereocenters. The van der Waals surface area contributed by atoms with E-state index in [1.165, 1.54) is 0 Å². The third kappa shape index (κ3) is 4.04. The maximum atomic E-state index is 12.5. The molecule has 2 aliphatic heterocycles. The van der Waals surface area contributed by atoms with E-state index in [1.54, 1.807) is 0 Å². The van der Waals surface area contributed by atoms with Crippen molar-refractivity contribution < 1.29 is 18.3 Å². The molecule has 4 rings (SSSR count). The van der Waals surface area contributed by atoms with E-state index in [0.717, 1.165) is 23.3 Å². The molecule has 2 aliphatic rings. The predicted molar refractivity (Wildman–Crippen MR) is 105 cm³/mol. The van der Waals surface area contributed by atoms with Gasteiger partial charge in [-0.15, -0.1) is 0 Å². The molecule has 4 nitrogen and oxygen atoms in total. The Morgan fingerprint density at radius 2 is 1.63 bits per heavy atom. The van der Waals surface area contributed by atoms with Crippen molar-refractivity contribution >= 4 is 9.84 Å². The van der Waals surface area contributed by atoms with Crippen molar-refractivity contribution in [2.45, 2.75) is 61.2 Å². The van der Waals surface area contributed by atoms with Crippen LogP contribution in [0.1, 0.15) is 43.2 Å². The van der Waals surface area contributed by atoms with Crippen molar-refractivity contribution in [2.24, 2.45) is 0 Å². The van der Waals surface area contributed by atoms with Crippen molar-refractivity contribution in [3.05, 3.63) is 65.7 Å². The smallest absolute Gasteiger partial charge is 0.156 e. The highest BCUT2D eigenvalue weighted by Crippen LogP contribution is 2.42. The predicted octanol–water partition coefficient (Wildman–Crippen LogP) is 3.67. The van der Waals surface area contributed by atoms with E-state index in [1.807, 2.05) is 54.6 Å². The van der Waals surface area contributed by atoms with Gasteiger partial charge in [0.05, 0.1) is 16.1 Å². The molecule has 0 aromatic heterocycles. The number of benzene rings is 2. The number of hydrogen-bond donors (Lipinski definition) is 1. The molecular formula is C22H26O4S. The minimum atomic E-state index is -3.06.